The number of anilines is 1. The molecule has 0 radical (unpaired) electrons. The lowest BCUT2D eigenvalue weighted by Crippen LogP contribution is -2.11. The van der Waals surface area contributed by atoms with Gasteiger partial charge in [0, 0.05) is 33.4 Å². The third kappa shape index (κ3) is 3.97. The molecule has 0 unspecified atom stereocenters. The SMILES string of the molecule is Cc1cc(Sc2ncccn2)ccc1NC(=O)c1cc2cc(Cl)ccc2o1. The number of nitrogens with zero attached hydrogens (tertiary/aromatic N) is 2. The van der Waals surface area contributed by atoms with Crippen LogP contribution in [0.5, 0.6) is 0 Å². The minimum absolute atomic E-state index is 0.239. The van der Waals surface area contributed by atoms with Crippen LogP contribution in [0.2, 0.25) is 5.02 Å². The van der Waals surface area contributed by atoms with Gasteiger partial charge in [0.15, 0.2) is 10.9 Å². The molecule has 5 nitrogen and oxygen atoms in total. The van der Waals surface area contributed by atoms with E-state index in [1.165, 1.54) is 11.8 Å². The second-order valence-electron chi connectivity index (χ2n) is 5.86. The molecular weight excluding hydrogens is 382 g/mol. The molecule has 0 saturated carbocycles. The van der Waals surface area contributed by atoms with Gasteiger partial charge in [0.1, 0.15) is 5.58 Å². The van der Waals surface area contributed by atoms with E-state index >= 15 is 0 Å². The molecule has 27 heavy (non-hydrogen) atoms. The van der Waals surface area contributed by atoms with Gasteiger partial charge in [-0.25, -0.2) is 9.97 Å². The predicted octanol–water partition coefficient (Wildman–Crippen LogP) is 5.59. The molecule has 1 amide bonds. The van der Waals surface area contributed by atoms with Crippen LogP contribution < -0.4 is 5.32 Å². The van der Waals surface area contributed by atoms with Crippen molar-refractivity contribution in [3.8, 4) is 0 Å². The van der Waals surface area contributed by atoms with E-state index in [1.54, 1.807) is 42.7 Å². The Labute approximate surface area is 164 Å². The van der Waals surface area contributed by atoms with Crippen LogP contribution in [0.1, 0.15) is 16.1 Å². The van der Waals surface area contributed by atoms with Crippen LogP contribution in [0.3, 0.4) is 0 Å². The van der Waals surface area contributed by atoms with Gasteiger partial charge in [0.25, 0.3) is 5.91 Å². The number of hydrogen-bond donors (Lipinski definition) is 1. The Morgan fingerprint density at radius 3 is 2.70 bits per heavy atom. The van der Waals surface area contributed by atoms with Gasteiger partial charge in [-0.15, -0.1) is 0 Å². The van der Waals surface area contributed by atoms with Crippen molar-refractivity contribution in [1.82, 2.24) is 9.97 Å². The lowest BCUT2D eigenvalue weighted by Gasteiger charge is -2.09. The molecule has 0 bridgehead atoms. The summed E-state index contributed by atoms with van der Waals surface area (Å²) in [5, 5.41) is 4.95. The molecule has 0 fully saturated rings. The lowest BCUT2D eigenvalue weighted by molar-refractivity contribution is 0.0998. The smallest absolute Gasteiger partial charge is 0.291 e. The van der Waals surface area contributed by atoms with Crippen molar-refractivity contribution in [3.63, 3.8) is 0 Å². The van der Waals surface area contributed by atoms with E-state index in [-0.39, 0.29) is 11.7 Å². The molecule has 7 heteroatoms. The molecule has 0 saturated heterocycles. The molecule has 4 aromatic rings. The van der Waals surface area contributed by atoms with Gasteiger partial charge in [-0.1, -0.05) is 11.6 Å². The van der Waals surface area contributed by atoms with E-state index < -0.39 is 0 Å². The molecule has 4 rings (SSSR count). The van der Waals surface area contributed by atoms with E-state index in [4.69, 9.17) is 16.0 Å². The van der Waals surface area contributed by atoms with Crippen molar-refractivity contribution in [2.75, 3.05) is 5.32 Å². The summed E-state index contributed by atoms with van der Waals surface area (Å²) in [5.41, 5.74) is 2.27. The van der Waals surface area contributed by atoms with Crippen molar-refractivity contribution in [2.45, 2.75) is 17.0 Å². The third-order valence-electron chi connectivity index (χ3n) is 3.90. The van der Waals surface area contributed by atoms with Crippen LogP contribution in [0.4, 0.5) is 5.69 Å². The van der Waals surface area contributed by atoms with Crippen LogP contribution in [0.15, 0.2) is 75.4 Å². The highest BCUT2D eigenvalue weighted by molar-refractivity contribution is 7.99. The summed E-state index contributed by atoms with van der Waals surface area (Å²) in [5.74, 6) is -0.0694. The lowest BCUT2D eigenvalue weighted by atomic mass is 10.2. The van der Waals surface area contributed by atoms with Crippen LogP contribution >= 0.6 is 23.4 Å². The number of fused-ring (bicyclic) bond motifs is 1. The van der Waals surface area contributed by atoms with Gasteiger partial charge in [-0.2, -0.15) is 0 Å². The van der Waals surface area contributed by atoms with E-state index in [9.17, 15) is 4.79 Å². The number of carbonyl (C=O) groups is 1. The van der Waals surface area contributed by atoms with Crippen LogP contribution in [0.25, 0.3) is 11.0 Å². The van der Waals surface area contributed by atoms with E-state index in [0.29, 0.717) is 15.8 Å². The summed E-state index contributed by atoms with van der Waals surface area (Å²) in [6.45, 7) is 1.93. The highest BCUT2D eigenvalue weighted by atomic mass is 35.5. The number of benzene rings is 2. The molecule has 2 aromatic carbocycles. The highest BCUT2D eigenvalue weighted by Crippen LogP contribution is 2.29. The molecular formula is C20H14ClN3O2S. The van der Waals surface area contributed by atoms with Gasteiger partial charge in [0.2, 0.25) is 0 Å². The second-order valence-corrected chi connectivity index (χ2v) is 7.33. The van der Waals surface area contributed by atoms with Crippen molar-refractivity contribution < 1.29 is 9.21 Å². The number of aryl methyl sites for hydroxylation is 1. The molecule has 134 valence electrons. The minimum Gasteiger partial charge on any atom is -0.451 e. The number of nitrogens with one attached hydrogen (secondary N) is 1. The van der Waals surface area contributed by atoms with Crippen LogP contribution in [-0.4, -0.2) is 15.9 Å². The third-order valence-corrected chi connectivity index (χ3v) is 5.02. The maximum absolute atomic E-state index is 12.5. The predicted molar refractivity (Wildman–Crippen MR) is 107 cm³/mol. The molecule has 0 atom stereocenters. The largest absolute Gasteiger partial charge is 0.451 e. The van der Waals surface area contributed by atoms with Gasteiger partial charge in [0.05, 0.1) is 0 Å². The Bertz CT molecular complexity index is 1130. The zero-order valence-electron chi connectivity index (χ0n) is 14.3. The van der Waals surface area contributed by atoms with Crippen LogP contribution in [-0.2, 0) is 0 Å². The molecule has 1 N–H and O–H groups in total. The van der Waals surface area contributed by atoms with Gasteiger partial charge < -0.3 is 9.73 Å². The number of furan rings is 1. The second kappa shape index (κ2) is 7.42. The van der Waals surface area contributed by atoms with E-state index in [2.05, 4.69) is 15.3 Å². The first-order chi connectivity index (χ1) is 13.1. The highest BCUT2D eigenvalue weighted by Gasteiger charge is 2.14. The Kier molecular flexibility index (Phi) is 4.83. The Balaban J connectivity index is 1.52. The van der Waals surface area contributed by atoms with Gasteiger partial charge in [-0.05, 0) is 72.8 Å². The van der Waals surface area contributed by atoms with Crippen molar-refractivity contribution in [3.05, 3.63) is 77.3 Å². The first kappa shape index (κ1) is 17.6. The molecule has 0 spiro atoms. The monoisotopic (exact) mass is 395 g/mol. The summed E-state index contributed by atoms with van der Waals surface area (Å²) in [6.07, 6.45) is 3.41. The molecule has 2 aromatic heterocycles. The van der Waals surface area contributed by atoms with Crippen molar-refractivity contribution in [1.29, 1.82) is 0 Å². The zero-order chi connectivity index (χ0) is 18.8. The zero-order valence-corrected chi connectivity index (χ0v) is 15.8. The molecule has 0 aliphatic heterocycles. The molecule has 0 aliphatic carbocycles. The standard InChI is InChI=1S/C20H14ClN3O2S/c1-12-9-15(27-20-22-7-2-8-23-20)4-5-16(12)24-19(25)18-11-13-10-14(21)3-6-17(13)26-18/h2-11H,1H3,(H,24,25). The Morgan fingerprint density at radius 2 is 1.93 bits per heavy atom. The number of carbonyl (C=O) groups excluding carboxylic acids is 1. The number of halogens is 1. The number of hydrogen-bond acceptors (Lipinski definition) is 5. The maximum atomic E-state index is 12.5. The van der Waals surface area contributed by atoms with Gasteiger partial charge in [-0.3, -0.25) is 4.79 Å². The first-order valence-electron chi connectivity index (χ1n) is 8.14. The number of aromatic nitrogens is 2. The van der Waals surface area contributed by atoms with Crippen molar-refractivity contribution in [2.24, 2.45) is 0 Å². The topological polar surface area (TPSA) is 68.0 Å². The number of rotatable bonds is 4. The summed E-state index contributed by atoms with van der Waals surface area (Å²) in [4.78, 5) is 21.9. The minimum atomic E-state index is -0.308. The molecule has 2 heterocycles. The average molecular weight is 396 g/mol. The first-order valence-corrected chi connectivity index (χ1v) is 9.34. The fraction of sp³-hybridized carbons (Fsp3) is 0.0500. The summed E-state index contributed by atoms with van der Waals surface area (Å²) < 4.78 is 5.61. The summed E-state index contributed by atoms with van der Waals surface area (Å²) in [6, 6.07) is 14.5. The van der Waals surface area contributed by atoms with Crippen LogP contribution in [0, 0.1) is 6.92 Å². The van der Waals surface area contributed by atoms with E-state index in [0.717, 1.165) is 21.5 Å². The Morgan fingerprint density at radius 1 is 1.11 bits per heavy atom. The van der Waals surface area contributed by atoms with Crippen molar-refractivity contribution >= 4 is 45.9 Å². The fourth-order valence-corrected chi connectivity index (χ4v) is 3.58. The normalized spacial score (nSPS) is 10.9. The van der Waals surface area contributed by atoms with Gasteiger partial charge >= 0.3 is 0 Å². The number of amides is 1. The maximum Gasteiger partial charge on any atom is 0.291 e. The Hall–Kier alpha value is -2.83. The van der Waals surface area contributed by atoms with E-state index in [1.807, 2.05) is 25.1 Å². The summed E-state index contributed by atoms with van der Waals surface area (Å²) >= 11 is 7.44. The average Bonchev–Trinajstić information content (AvgIpc) is 3.08. The quantitative estimate of drug-likeness (QED) is 0.456. The fourth-order valence-electron chi connectivity index (χ4n) is 2.59. The summed E-state index contributed by atoms with van der Waals surface area (Å²) in [7, 11) is 0. The molecule has 0 aliphatic rings.